The molecule has 1 saturated heterocycles. The molecule has 1 aliphatic heterocycles. The van der Waals surface area contributed by atoms with Crippen LogP contribution in [0.2, 0.25) is 0 Å². The topological polar surface area (TPSA) is 83.6 Å². The van der Waals surface area contributed by atoms with E-state index in [2.05, 4.69) is 4.98 Å². The van der Waals surface area contributed by atoms with Gasteiger partial charge in [-0.05, 0) is 37.3 Å². The summed E-state index contributed by atoms with van der Waals surface area (Å²) in [6, 6.07) is 7.28. The van der Waals surface area contributed by atoms with Gasteiger partial charge < -0.3 is 14.4 Å². The van der Waals surface area contributed by atoms with Crippen molar-refractivity contribution >= 4 is 11.9 Å². The van der Waals surface area contributed by atoms with Gasteiger partial charge in [0.1, 0.15) is 0 Å². The Morgan fingerprint density at radius 1 is 1.29 bits per heavy atom. The molecular weight excluding hydrogens is 308 g/mol. The van der Waals surface area contributed by atoms with Crippen molar-refractivity contribution in [2.75, 3.05) is 13.1 Å². The van der Waals surface area contributed by atoms with Crippen molar-refractivity contribution < 1.29 is 19.1 Å². The summed E-state index contributed by atoms with van der Waals surface area (Å²) in [4.78, 5) is 29.1. The molecule has 1 atom stereocenters. The van der Waals surface area contributed by atoms with Crippen LogP contribution in [-0.2, 0) is 4.79 Å². The van der Waals surface area contributed by atoms with Crippen molar-refractivity contribution in [3.8, 4) is 11.3 Å². The first-order valence-electron chi connectivity index (χ1n) is 8.13. The highest BCUT2D eigenvalue weighted by atomic mass is 16.4. The smallest absolute Gasteiger partial charge is 0.303 e. The molecule has 1 fully saturated rings. The summed E-state index contributed by atoms with van der Waals surface area (Å²) in [5.41, 5.74) is 1.51. The Hall–Kier alpha value is -2.63. The van der Waals surface area contributed by atoms with Crippen molar-refractivity contribution in [1.29, 1.82) is 0 Å². The predicted octanol–water partition coefficient (Wildman–Crippen LogP) is 3.06. The van der Waals surface area contributed by atoms with Crippen LogP contribution < -0.4 is 0 Å². The second-order valence-electron chi connectivity index (χ2n) is 6.13. The average Bonchev–Trinajstić information content (AvgIpc) is 3.14. The quantitative estimate of drug-likeness (QED) is 0.912. The van der Waals surface area contributed by atoms with E-state index in [9.17, 15) is 9.59 Å². The zero-order chi connectivity index (χ0) is 16.9. The van der Waals surface area contributed by atoms with Crippen molar-refractivity contribution in [3.63, 3.8) is 0 Å². The summed E-state index contributed by atoms with van der Waals surface area (Å²) in [5, 5.41) is 8.81. The van der Waals surface area contributed by atoms with E-state index in [0.29, 0.717) is 24.3 Å². The van der Waals surface area contributed by atoms with Gasteiger partial charge in [0.05, 0.1) is 6.20 Å². The van der Waals surface area contributed by atoms with Crippen LogP contribution in [-0.4, -0.2) is 40.0 Å². The van der Waals surface area contributed by atoms with E-state index in [-0.39, 0.29) is 18.2 Å². The molecule has 0 aliphatic carbocycles. The Kier molecular flexibility index (Phi) is 4.93. The molecule has 0 bridgehead atoms. The third-order valence-electron chi connectivity index (χ3n) is 4.42. The number of hydrogen-bond donors (Lipinski definition) is 1. The van der Waals surface area contributed by atoms with Crippen molar-refractivity contribution in [3.05, 3.63) is 42.4 Å². The van der Waals surface area contributed by atoms with Crippen LogP contribution in [0.1, 0.15) is 36.0 Å². The summed E-state index contributed by atoms with van der Waals surface area (Å²) in [7, 11) is 0. The number of rotatable bonds is 5. The molecule has 3 rings (SSSR count). The van der Waals surface area contributed by atoms with Gasteiger partial charge in [-0.15, -0.1) is 0 Å². The molecule has 0 radical (unpaired) electrons. The molecule has 1 unspecified atom stereocenters. The van der Waals surface area contributed by atoms with Crippen LogP contribution in [0.3, 0.4) is 0 Å². The highest BCUT2D eigenvalue weighted by Gasteiger charge is 2.24. The number of amides is 1. The fraction of sp³-hybridized carbons (Fsp3) is 0.389. The van der Waals surface area contributed by atoms with Crippen LogP contribution in [0.5, 0.6) is 0 Å². The number of oxazole rings is 1. The van der Waals surface area contributed by atoms with Gasteiger partial charge in [0.25, 0.3) is 5.91 Å². The molecule has 2 heterocycles. The average molecular weight is 328 g/mol. The van der Waals surface area contributed by atoms with Crippen LogP contribution in [0.25, 0.3) is 11.3 Å². The Labute approximate surface area is 140 Å². The van der Waals surface area contributed by atoms with E-state index >= 15 is 0 Å². The maximum absolute atomic E-state index is 12.7. The number of nitrogens with zero attached hydrogens (tertiary/aromatic N) is 2. The lowest BCUT2D eigenvalue weighted by atomic mass is 9.93. The summed E-state index contributed by atoms with van der Waals surface area (Å²) in [6.07, 6.45) is 5.71. The van der Waals surface area contributed by atoms with E-state index in [4.69, 9.17) is 9.52 Å². The van der Waals surface area contributed by atoms with Crippen molar-refractivity contribution in [1.82, 2.24) is 9.88 Å². The Bertz CT molecular complexity index is 694. The standard InChI is InChI=1S/C18H20N2O4/c21-17(22)8-3-13-2-1-9-20(11-13)18(23)15-6-4-14(5-7-15)16-10-19-12-24-16/h4-7,10,12-13H,1-3,8-9,11H2,(H,21,22). The molecular formula is C18H20N2O4. The second-order valence-corrected chi connectivity index (χ2v) is 6.13. The predicted molar refractivity (Wildman–Crippen MR) is 87.4 cm³/mol. The molecule has 2 aromatic rings. The minimum absolute atomic E-state index is 0.000792. The van der Waals surface area contributed by atoms with E-state index < -0.39 is 5.97 Å². The van der Waals surface area contributed by atoms with Crippen LogP contribution in [0.15, 0.2) is 41.3 Å². The fourth-order valence-electron chi connectivity index (χ4n) is 3.13. The number of carboxylic acid groups (broad SMARTS) is 1. The van der Waals surface area contributed by atoms with Gasteiger partial charge in [-0.25, -0.2) is 4.98 Å². The molecule has 6 nitrogen and oxygen atoms in total. The monoisotopic (exact) mass is 328 g/mol. The van der Waals surface area contributed by atoms with Crippen molar-refractivity contribution in [2.45, 2.75) is 25.7 Å². The summed E-state index contributed by atoms with van der Waals surface area (Å²) >= 11 is 0. The van der Waals surface area contributed by atoms with E-state index in [1.165, 1.54) is 6.39 Å². The van der Waals surface area contributed by atoms with Gasteiger partial charge in [0.15, 0.2) is 12.2 Å². The number of carbonyl (C=O) groups excluding carboxylic acids is 1. The number of piperidine rings is 1. The number of carboxylic acids is 1. The lowest BCUT2D eigenvalue weighted by Gasteiger charge is -2.32. The number of likely N-dealkylation sites (tertiary alicyclic amines) is 1. The Balaban J connectivity index is 1.64. The third kappa shape index (κ3) is 3.82. The molecule has 1 aromatic heterocycles. The normalized spacial score (nSPS) is 17.7. The maximum atomic E-state index is 12.7. The number of hydrogen-bond acceptors (Lipinski definition) is 4. The SMILES string of the molecule is O=C(O)CCC1CCCN(C(=O)c2ccc(-c3cnco3)cc2)C1. The summed E-state index contributed by atoms with van der Waals surface area (Å²) in [6.45, 7) is 1.36. The lowest BCUT2D eigenvalue weighted by molar-refractivity contribution is -0.137. The van der Waals surface area contributed by atoms with E-state index in [1.807, 2.05) is 17.0 Å². The first-order chi connectivity index (χ1) is 11.6. The lowest BCUT2D eigenvalue weighted by Crippen LogP contribution is -2.40. The Morgan fingerprint density at radius 2 is 2.08 bits per heavy atom. The first kappa shape index (κ1) is 16.2. The molecule has 6 heteroatoms. The summed E-state index contributed by atoms with van der Waals surface area (Å²) in [5.74, 6) is 0.161. The number of aliphatic carboxylic acids is 1. The minimum Gasteiger partial charge on any atom is -0.481 e. The fourth-order valence-corrected chi connectivity index (χ4v) is 3.13. The molecule has 0 saturated carbocycles. The molecule has 0 spiro atoms. The van der Waals surface area contributed by atoms with Gasteiger partial charge in [0.2, 0.25) is 0 Å². The molecule has 1 aromatic carbocycles. The molecule has 1 N–H and O–H groups in total. The van der Waals surface area contributed by atoms with Crippen LogP contribution >= 0.6 is 0 Å². The van der Waals surface area contributed by atoms with Gasteiger partial charge in [-0.2, -0.15) is 0 Å². The molecule has 24 heavy (non-hydrogen) atoms. The molecule has 1 amide bonds. The van der Waals surface area contributed by atoms with Crippen LogP contribution in [0.4, 0.5) is 0 Å². The van der Waals surface area contributed by atoms with Gasteiger partial charge in [-0.1, -0.05) is 12.1 Å². The molecule has 1 aliphatic rings. The first-order valence-corrected chi connectivity index (χ1v) is 8.13. The maximum Gasteiger partial charge on any atom is 0.303 e. The highest BCUT2D eigenvalue weighted by Crippen LogP contribution is 2.24. The summed E-state index contributed by atoms with van der Waals surface area (Å²) < 4.78 is 5.24. The number of benzene rings is 1. The van der Waals surface area contributed by atoms with Gasteiger partial charge in [-0.3, -0.25) is 9.59 Å². The zero-order valence-corrected chi connectivity index (χ0v) is 13.4. The zero-order valence-electron chi connectivity index (χ0n) is 13.4. The minimum atomic E-state index is -0.776. The third-order valence-corrected chi connectivity index (χ3v) is 4.42. The second kappa shape index (κ2) is 7.29. The van der Waals surface area contributed by atoms with E-state index in [1.54, 1.807) is 18.3 Å². The Morgan fingerprint density at radius 3 is 2.75 bits per heavy atom. The van der Waals surface area contributed by atoms with Gasteiger partial charge in [0, 0.05) is 30.6 Å². The number of carbonyl (C=O) groups is 2. The number of aromatic nitrogens is 1. The molecule has 126 valence electrons. The van der Waals surface area contributed by atoms with Gasteiger partial charge >= 0.3 is 5.97 Å². The largest absolute Gasteiger partial charge is 0.481 e. The van der Waals surface area contributed by atoms with Crippen molar-refractivity contribution in [2.24, 2.45) is 5.92 Å². The van der Waals surface area contributed by atoms with E-state index in [0.717, 1.165) is 24.9 Å². The van der Waals surface area contributed by atoms with Crippen LogP contribution in [0, 0.1) is 5.92 Å². The highest BCUT2D eigenvalue weighted by molar-refractivity contribution is 5.94.